The molecule has 0 atom stereocenters. The third-order valence-corrected chi connectivity index (χ3v) is 4.81. The molecule has 0 bridgehead atoms. The van der Waals surface area contributed by atoms with Crippen LogP contribution in [0.3, 0.4) is 0 Å². The summed E-state index contributed by atoms with van der Waals surface area (Å²) >= 11 is 0. The van der Waals surface area contributed by atoms with Crippen molar-refractivity contribution in [1.29, 1.82) is 0 Å². The van der Waals surface area contributed by atoms with Crippen molar-refractivity contribution < 1.29 is 13.9 Å². The number of benzene rings is 1. The Morgan fingerprint density at radius 2 is 1.97 bits per heavy atom. The molecule has 150 valence electrons. The molecular weight excluding hydrogens is 375 g/mol. The molecule has 0 unspecified atom stereocenters. The number of ether oxygens (including phenoxy) is 1. The molecule has 3 heterocycles. The smallest absolute Gasteiger partial charge is 0.272 e. The molecule has 0 saturated carbocycles. The fourth-order valence-electron chi connectivity index (χ4n) is 3.16. The van der Waals surface area contributed by atoms with Crippen molar-refractivity contribution in [2.75, 3.05) is 18.5 Å². The average molecular weight is 396 g/mol. The highest BCUT2D eigenvalue weighted by atomic mass is 19.1. The number of carbonyl (C=O) groups excluding carboxylic acids is 1. The maximum atomic E-state index is 14.0. The second-order valence-corrected chi connectivity index (χ2v) is 6.80. The first-order chi connectivity index (χ1) is 14.1. The van der Waals surface area contributed by atoms with Crippen molar-refractivity contribution in [2.45, 2.75) is 25.8 Å². The Morgan fingerprint density at radius 1 is 1.17 bits per heavy atom. The van der Waals surface area contributed by atoms with E-state index < -0.39 is 0 Å². The van der Waals surface area contributed by atoms with Crippen LogP contribution < -0.4 is 10.6 Å². The van der Waals surface area contributed by atoms with Gasteiger partial charge in [0.2, 0.25) is 0 Å². The van der Waals surface area contributed by atoms with Crippen molar-refractivity contribution in [1.82, 2.24) is 25.3 Å². The second kappa shape index (κ2) is 8.36. The summed E-state index contributed by atoms with van der Waals surface area (Å²) in [5.41, 5.74) is 2.00. The fraction of sp³-hybridized carbons (Fsp3) is 0.300. The van der Waals surface area contributed by atoms with Gasteiger partial charge in [0.15, 0.2) is 11.5 Å². The molecule has 1 aliphatic heterocycles. The number of aromatic nitrogens is 4. The van der Waals surface area contributed by atoms with E-state index in [1.165, 1.54) is 10.7 Å². The van der Waals surface area contributed by atoms with E-state index in [9.17, 15) is 9.18 Å². The first-order valence-electron chi connectivity index (χ1n) is 9.40. The maximum Gasteiger partial charge on any atom is 0.272 e. The molecule has 9 heteroatoms. The zero-order valence-corrected chi connectivity index (χ0v) is 15.9. The van der Waals surface area contributed by atoms with Gasteiger partial charge in [-0.1, -0.05) is 12.1 Å². The van der Waals surface area contributed by atoms with Gasteiger partial charge in [-0.05, 0) is 44.0 Å². The Kier molecular flexibility index (Phi) is 5.48. The number of hydrogen-bond donors (Lipinski definition) is 2. The summed E-state index contributed by atoms with van der Waals surface area (Å²) in [6.45, 7) is 3.13. The summed E-state index contributed by atoms with van der Waals surface area (Å²) in [5, 5.41) is 18.4. The lowest BCUT2D eigenvalue weighted by molar-refractivity contribution is 0.0693. The van der Waals surface area contributed by atoms with Gasteiger partial charge in [0.25, 0.3) is 5.91 Å². The van der Waals surface area contributed by atoms with Gasteiger partial charge in [-0.3, -0.25) is 4.79 Å². The van der Waals surface area contributed by atoms with E-state index in [2.05, 4.69) is 25.9 Å². The Morgan fingerprint density at radius 3 is 2.69 bits per heavy atom. The number of carbonyl (C=O) groups is 1. The quantitative estimate of drug-likeness (QED) is 0.689. The van der Waals surface area contributed by atoms with Crippen LogP contribution >= 0.6 is 0 Å². The Labute approximate surface area is 167 Å². The number of halogens is 1. The summed E-state index contributed by atoms with van der Waals surface area (Å²) in [7, 11) is 0. The van der Waals surface area contributed by atoms with Gasteiger partial charge in [-0.25, -0.2) is 9.07 Å². The zero-order chi connectivity index (χ0) is 20.2. The van der Waals surface area contributed by atoms with E-state index in [0.29, 0.717) is 30.4 Å². The maximum absolute atomic E-state index is 14.0. The minimum atomic E-state index is -0.357. The number of nitrogens with one attached hydrogen (secondary N) is 2. The van der Waals surface area contributed by atoms with Gasteiger partial charge >= 0.3 is 0 Å². The molecule has 0 aliphatic carbocycles. The van der Waals surface area contributed by atoms with Crippen molar-refractivity contribution in [3.8, 4) is 5.69 Å². The highest BCUT2D eigenvalue weighted by molar-refractivity contribution is 5.92. The van der Waals surface area contributed by atoms with Gasteiger partial charge in [-0.15, -0.1) is 10.2 Å². The minimum Gasteiger partial charge on any atom is -0.381 e. The molecule has 1 aromatic carbocycles. The molecule has 8 nitrogen and oxygen atoms in total. The van der Waals surface area contributed by atoms with E-state index in [4.69, 9.17) is 4.74 Å². The minimum absolute atomic E-state index is 0.0997. The lowest BCUT2D eigenvalue weighted by atomic mass is 10.1. The molecule has 1 fully saturated rings. The van der Waals surface area contributed by atoms with E-state index in [0.717, 1.165) is 18.5 Å². The first kappa shape index (κ1) is 19.0. The molecule has 4 rings (SSSR count). The van der Waals surface area contributed by atoms with Crippen LogP contribution in [0.1, 0.15) is 29.0 Å². The lowest BCUT2D eigenvalue weighted by Crippen LogP contribution is -2.39. The fourth-order valence-corrected chi connectivity index (χ4v) is 3.16. The number of nitrogens with zero attached hydrogens (tertiary/aromatic N) is 4. The molecule has 2 N–H and O–H groups in total. The Bertz CT molecular complexity index is 998. The largest absolute Gasteiger partial charge is 0.381 e. The SMILES string of the molecule is Cc1c(Nc2ccc(C(=O)NC3CCOCC3)nn2)cnn1-c1ccccc1F. The lowest BCUT2D eigenvalue weighted by Gasteiger charge is -2.22. The first-order valence-corrected chi connectivity index (χ1v) is 9.40. The van der Waals surface area contributed by atoms with Gasteiger partial charge in [-0.2, -0.15) is 5.10 Å². The third-order valence-electron chi connectivity index (χ3n) is 4.81. The topological polar surface area (TPSA) is 94.0 Å². The van der Waals surface area contributed by atoms with Crippen LogP contribution in [0.5, 0.6) is 0 Å². The molecule has 3 aromatic rings. The average Bonchev–Trinajstić information content (AvgIpc) is 3.10. The highest BCUT2D eigenvalue weighted by Crippen LogP contribution is 2.22. The molecule has 1 amide bonds. The van der Waals surface area contributed by atoms with Crippen molar-refractivity contribution in [2.24, 2.45) is 0 Å². The molecule has 2 aromatic heterocycles. The molecule has 1 saturated heterocycles. The Balaban J connectivity index is 1.44. The second-order valence-electron chi connectivity index (χ2n) is 6.80. The summed E-state index contributed by atoms with van der Waals surface area (Å²) < 4.78 is 20.8. The van der Waals surface area contributed by atoms with Crippen LogP contribution in [-0.4, -0.2) is 45.1 Å². The normalized spacial score (nSPS) is 14.6. The summed E-state index contributed by atoms with van der Waals surface area (Å²) in [6.07, 6.45) is 3.18. The van der Waals surface area contributed by atoms with Crippen LogP contribution in [0.25, 0.3) is 5.69 Å². The van der Waals surface area contributed by atoms with E-state index in [-0.39, 0.29) is 23.5 Å². The molecule has 0 spiro atoms. The monoisotopic (exact) mass is 396 g/mol. The van der Waals surface area contributed by atoms with Gasteiger partial charge in [0, 0.05) is 19.3 Å². The number of rotatable bonds is 5. The van der Waals surface area contributed by atoms with Crippen molar-refractivity contribution in [3.05, 3.63) is 59.8 Å². The van der Waals surface area contributed by atoms with Crippen LogP contribution in [0.15, 0.2) is 42.6 Å². The van der Waals surface area contributed by atoms with Gasteiger partial charge < -0.3 is 15.4 Å². The van der Waals surface area contributed by atoms with Gasteiger partial charge in [0.05, 0.1) is 17.6 Å². The van der Waals surface area contributed by atoms with Crippen molar-refractivity contribution in [3.63, 3.8) is 0 Å². The van der Waals surface area contributed by atoms with Crippen molar-refractivity contribution >= 4 is 17.4 Å². The Hall–Kier alpha value is -3.33. The number of hydrogen-bond acceptors (Lipinski definition) is 6. The zero-order valence-electron chi connectivity index (χ0n) is 15.9. The van der Waals surface area contributed by atoms with Crippen LogP contribution in [0.2, 0.25) is 0 Å². The van der Waals surface area contributed by atoms with Crippen LogP contribution in [0, 0.1) is 12.7 Å². The number of anilines is 2. The van der Waals surface area contributed by atoms with Crippen LogP contribution in [0.4, 0.5) is 15.9 Å². The summed E-state index contributed by atoms with van der Waals surface area (Å²) in [6, 6.07) is 9.81. The van der Waals surface area contributed by atoms with E-state index in [1.54, 1.807) is 36.5 Å². The molecule has 1 aliphatic rings. The molecular formula is C20H21FN6O2. The highest BCUT2D eigenvalue weighted by Gasteiger charge is 2.18. The summed E-state index contributed by atoms with van der Waals surface area (Å²) in [5.74, 6) is -0.145. The molecule has 29 heavy (non-hydrogen) atoms. The van der Waals surface area contributed by atoms with E-state index in [1.807, 2.05) is 6.92 Å². The molecule has 0 radical (unpaired) electrons. The van der Waals surface area contributed by atoms with E-state index >= 15 is 0 Å². The third kappa shape index (κ3) is 4.24. The number of amides is 1. The van der Waals surface area contributed by atoms with Crippen LogP contribution in [-0.2, 0) is 4.74 Å². The number of para-hydroxylation sites is 1. The summed E-state index contributed by atoms with van der Waals surface area (Å²) in [4.78, 5) is 12.3. The van der Waals surface area contributed by atoms with Gasteiger partial charge in [0.1, 0.15) is 11.5 Å². The predicted octanol–water partition coefficient (Wildman–Crippen LogP) is 2.76. The standard InChI is InChI=1S/C20H21FN6O2/c1-13-17(12-22-27(13)18-5-3-2-4-15(18)21)24-19-7-6-16(25-26-19)20(28)23-14-8-10-29-11-9-14/h2-7,12,14H,8-11H2,1H3,(H,23,28)(H,24,26). The predicted molar refractivity (Wildman–Crippen MR) is 105 cm³/mol.